The summed E-state index contributed by atoms with van der Waals surface area (Å²) >= 11 is 0. The lowest BCUT2D eigenvalue weighted by Crippen LogP contribution is -2.29. The molecule has 1 amide bonds. The summed E-state index contributed by atoms with van der Waals surface area (Å²) in [4.78, 5) is 21.2. The van der Waals surface area contributed by atoms with E-state index in [-0.39, 0.29) is 29.6 Å². The van der Waals surface area contributed by atoms with E-state index in [4.69, 9.17) is 0 Å². The lowest BCUT2D eigenvalue weighted by Gasteiger charge is -2.26. The van der Waals surface area contributed by atoms with E-state index in [0.29, 0.717) is 35.8 Å². The van der Waals surface area contributed by atoms with Gasteiger partial charge in [-0.05, 0) is 45.6 Å². The van der Waals surface area contributed by atoms with Gasteiger partial charge in [0.25, 0.3) is 5.91 Å². The number of fused-ring (bicyclic) bond motifs is 1. The molecule has 4 N–H and O–H groups in total. The molecule has 0 aliphatic heterocycles. The molecule has 0 bridgehead atoms. The molecule has 0 radical (unpaired) electrons. The van der Waals surface area contributed by atoms with Crippen LogP contribution < -0.4 is 16.0 Å². The molecule has 0 spiro atoms. The van der Waals surface area contributed by atoms with Gasteiger partial charge in [0.05, 0.1) is 29.9 Å². The molecule has 36 heavy (non-hydrogen) atoms. The lowest BCUT2D eigenvalue weighted by atomic mass is 9.93. The van der Waals surface area contributed by atoms with E-state index < -0.39 is 11.7 Å². The van der Waals surface area contributed by atoms with Crippen LogP contribution in [0.1, 0.15) is 56.1 Å². The van der Waals surface area contributed by atoms with Gasteiger partial charge in [0.1, 0.15) is 5.82 Å². The molecule has 0 aromatic carbocycles. The second kappa shape index (κ2) is 9.90. The summed E-state index contributed by atoms with van der Waals surface area (Å²) in [7, 11) is 0. The van der Waals surface area contributed by atoms with Gasteiger partial charge in [-0.2, -0.15) is 5.10 Å². The Hall–Kier alpha value is -4.06. The first kappa shape index (κ1) is 23.7. The van der Waals surface area contributed by atoms with Gasteiger partial charge < -0.3 is 21.1 Å². The summed E-state index contributed by atoms with van der Waals surface area (Å²) in [5.74, 6) is -0.0427. The molecule has 1 aliphatic rings. The molecule has 11 nitrogen and oxygen atoms in total. The maximum absolute atomic E-state index is 14.1. The quantitative estimate of drug-likeness (QED) is 0.306. The minimum Gasteiger partial charge on any atom is -0.393 e. The summed E-state index contributed by atoms with van der Waals surface area (Å²) in [5, 5.41) is 28.3. The first-order valence-electron chi connectivity index (χ1n) is 11.9. The number of aliphatic hydroxyl groups excluding tert-OH is 1. The molecular formula is C24H28FN9O2. The zero-order valence-corrected chi connectivity index (χ0v) is 20.0. The predicted molar refractivity (Wildman–Crippen MR) is 133 cm³/mol. The van der Waals surface area contributed by atoms with Gasteiger partial charge in [-0.25, -0.2) is 13.9 Å². The molecule has 1 aliphatic carbocycles. The standard InChI is InChI=1S/C24H28FN9O2/c1-14(2)33-10-8-21(31-33)29-19-11-22(28-15-3-5-16(35)6-4-15)32-34-20(13-27-23(19)34)24(36)30-18-7-9-26-12-17(18)25/h7-16,35H,3-6H2,1-2H3,(H,28,32)(H,29,31)(H,26,30,36)/t15-,16-. The van der Waals surface area contributed by atoms with Crippen molar-refractivity contribution in [1.29, 1.82) is 0 Å². The van der Waals surface area contributed by atoms with Gasteiger partial charge in [-0.3, -0.25) is 14.5 Å². The van der Waals surface area contributed by atoms with Crippen LogP contribution in [0.3, 0.4) is 0 Å². The number of imidazole rings is 1. The molecule has 4 heterocycles. The van der Waals surface area contributed by atoms with E-state index in [0.717, 1.165) is 19.0 Å². The van der Waals surface area contributed by atoms with E-state index in [2.05, 4.69) is 36.1 Å². The highest BCUT2D eigenvalue weighted by Gasteiger charge is 2.22. The van der Waals surface area contributed by atoms with Crippen LogP contribution in [0, 0.1) is 5.82 Å². The summed E-state index contributed by atoms with van der Waals surface area (Å²) < 4.78 is 17.3. The number of rotatable bonds is 7. The number of nitrogens with one attached hydrogen (secondary N) is 3. The van der Waals surface area contributed by atoms with Crippen molar-refractivity contribution in [3.63, 3.8) is 0 Å². The maximum Gasteiger partial charge on any atom is 0.276 e. The molecule has 4 aromatic heterocycles. The van der Waals surface area contributed by atoms with Crippen LogP contribution in [0.2, 0.25) is 0 Å². The van der Waals surface area contributed by atoms with Gasteiger partial charge in [0, 0.05) is 36.6 Å². The van der Waals surface area contributed by atoms with Crippen LogP contribution in [-0.2, 0) is 0 Å². The van der Waals surface area contributed by atoms with Crippen molar-refractivity contribution in [3.05, 3.63) is 54.5 Å². The van der Waals surface area contributed by atoms with Gasteiger partial charge in [0.15, 0.2) is 23.0 Å². The van der Waals surface area contributed by atoms with E-state index in [9.17, 15) is 14.3 Å². The minimum absolute atomic E-state index is 0.0116. The molecule has 12 heteroatoms. The zero-order valence-electron chi connectivity index (χ0n) is 20.0. The Bertz CT molecular complexity index is 1380. The predicted octanol–water partition coefficient (Wildman–Crippen LogP) is 3.75. The lowest BCUT2D eigenvalue weighted by molar-refractivity contribution is 0.101. The number of aromatic nitrogens is 6. The van der Waals surface area contributed by atoms with E-state index in [1.807, 2.05) is 36.9 Å². The molecule has 4 aromatic rings. The highest BCUT2D eigenvalue weighted by Crippen LogP contribution is 2.27. The summed E-state index contributed by atoms with van der Waals surface area (Å²) in [6.45, 7) is 4.07. The first-order chi connectivity index (χ1) is 17.4. The van der Waals surface area contributed by atoms with Crippen LogP contribution in [0.25, 0.3) is 5.65 Å². The Balaban J connectivity index is 1.49. The van der Waals surface area contributed by atoms with Gasteiger partial charge >= 0.3 is 0 Å². The van der Waals surface area contributed by atoms with Crippen LogP contribution >= 0.6 is 0 Å². The zero-order chi connectivity index (χ0) is 25.2. The van der Waals surface area contributed by atoms with Crippen molar-refractivity contribution < 1.29 is 14.3 Å². The second-order valence-corrected chi connectivity index (χ2v) is 9.18. The van der Waals surface area contributed by atoms with Crippen LogP contribution in [-0.4, -0.2) is 52.5 Å². The molecule has 188 valence electrons. The SMILES string of the molecule is CC(C)n1ccc(Nc2cc(N[C@H]3CC[C@H](O)CC3)nn3c(C(=O)Nc4ccncc4F)cnc23)n1. The number of aliphatic hydroxyl groups is 1. The third-order valence-corrected chi connectivity index (χ3v) is 6.17. The number of carbonyl (C=O) groups is 1. The third-order valence-electron chi connectivity index (χ3n) is 6.17. The number of hydrogen-bond acceptors (Lipinski definition) is 8. The Morgan fingerprint density at radius 1 is 1.11 bits per heavy atom. The van der Waals surface area contributed by atoms with Crippen LogP contribution in [0.5, 0.6) is 0 Å². The number of hydrogen-bond donors (Lipinski definition) is 4. The summed E-state index contributed by atoms with van der Waals surface area (Å²) in [6, 6.07) is 5.40. The van der Waals surface area contributed by atoms with E-state index in [1.54, 1.807) is 0 Å². The van der Waals surface area contributed by atoms with Crippen molar-refractivity contribution in [2.24, 2.45) is 0 Å². The highest BCUT2D eigenvalue weighted by atomic mass is 19.1. The average Bonchev–Trinajstić information content (AvgIpc) is 3.50. The monoisotopic (exact) mass is 493 g/mol. The highest BCUT2D eigenvalue weighted by molar-refractivity contribution is 6.03. The molecule has 0 atom stereocenters. The Morgan fingerprint density at radius 3 is 2.64 bits per heavy atom. The number of amides is 1. The fraction of sp³-hybridized carbons (Fsp3) is 0.375. The normalized spacial score (nSPS) is 17.9. The van der Waals surface area contributed by atoms with Crippen molar-refractivity contribution in [2.45, 2.75) is 57.7 Å². The number of carbonyl (C=O) groups excluding carboxylic acids is 1. The van der Waals surface area contributed by atoms with Gasteiger partial charge in [-0.15, -0.1) is 5.10 Å². The topological polar surface area (TPSA) is 134 Å². The largest absolute Gasteiger partial charge is 0.393 e. The number of anilines is 4. The fourth-order valence-electron chi connectivity index (χ4n) is 4.21. The summed E-state index contributed by atoms with van der Waals surface area (Å²) in [6.07, 6.45) is 8.48. The molecule has 1 fully saturated rings. The first-order valence-corrected chi connectivity index (χ1v) is 11.9. The van der Waals surface area contributed by atoms with E-state index in [1.165, 1.54) is 23.0 Å². The smallest absolute Gasteiger partial charge is 0.276 e. The maximum atomic E-state index is 14.1. The third kappa shape index (κ3) is 4.98. The van der Waals surface area contributed by atoms with Gasteiger partial charge in [-0.1, -0.05) is 0 Å². The van der Waals surface area contributed by atoms with Crippen LogP contribution in [0.4, 0.5) is 27.4 Å². The molecule has 0 unspecified atom stereocenters. The van der Waals surface area contributed by atoms with Crippen LogP contribution in [0.15, 0.2) is 43.0 Å². The fourth-order valence-corrected chi connectivity index (χ4v) is 4.21. The number of pyridine rings is 1. The number of nitrogens with zero attached hydrogens (tertiary/aromatic N) is 6. The molecule has 5 rings (SSSR count). The number of halogens is 1. The van der Waals surface area contributed by atoms with Crippen molar-refractivity contribution in [1.82, 2.24) is 29.4 Å². The Morgan fingerprint density at radius 2 is 1.92 bits per heavy atom. The van der Waals surface area contributed by atoms with Crippen molar-refractivity contribution in [3.8, 4) is 0 Å². The van der Waals surface area contributed by atoms with E-state index >= 15 is 0 Å². The van der Waals surface area contributed by atoms with Gasteiger partial charge in [0.2, 0.25) is 0 Å². The molecular weight excluding hydrogens is 465 g/mol. The van der Waals surface area contributed by atoms with Crippen molar-refractivity contribution in [2.75, 3.05) is 16.0 Å². The molecule has 0 saturated heterocycles. The summed E-state index contributed by atoms with van der Waals surface area (Å²) in [5.41, 5.74) is 1.17. The minimum atomic E-state index is -0.641. The second-order valence-electron chi connectivity index (χ2n) is 9.18. The Kier molecular flexibility index (Phi) is 6.51. The average molecular weight is 494 g/mol. The Labute approximate surface area is 206 Å². The molecule has 1 saturated carbocycles. The van der Waals surface area contributed by atoms with Crippen molar-refractivity contribution >= 4 is 34.6 Å².